The smallest absolute Gasteiger partial charge is 0.146 e. The predicted molar refractivity (Wildman–Crippen MR) is 175 cm³/mol. The van der Waals surface area contributed by atoms with E-state index in [9.17, 15) is 0 Å². The van der Waals surface area contributed by atoms with Crippen molar-refractivity contribution >= 4 is 91.7 Å². The minimum absolute atomic E-state index is 0.999. The first-order valence-corrected chi connectivity index (χ1v) is 14.7. The summed E-state index contributed by atoms with van der Waals surface area (Å²) in [4.78, 5) is 5.24. The van der Waals surface area contributed by atoms with Crippen molar-refractivity contribution < 1.29 is 0 Å². The van der Waals surface area contributed by atoms with Crippen molar-refractivity contribution in [1.82, 2.24) is 14.0 Å². The van der Waals surface area contributed by atoms with Gasteiger partial charge in [0.05, 0.1) is 27.6 Å². The fourth-order valence-corrected chi connectivity index (χ4v) is 8.08. The molecule has 0 unspecified atom stereocenters. The van der Waals surface area contributed by atoms with Gasteiger partial charge in [-0.1, -0.05) is 72.8 Å². The van der Waals surface area contributed by atoms with Crippen LogP contribution in [0.1, 0.15) is 0 Å². The van der Waals surface area contributed by atoms with Gasteiger partial charge in [-0.25, -0.2) is 4.98 Å². The van der Waals surface area contributed by atoms with Gasteiger partial charge in [-0.2, -0.15) is 0 Å². The Morgan fingerprint density at radius 1 is 0.488 bits per heavy atom. The maximum atomic E-state index is 5.24. The Kier molecular flexibility index (Phi) is 4.07. The first kappa shape index (κ1) is 21.6. The standard InChI is InChI=1S/C37H21N3S/c1-2-10-22(11-3-1)39-30-15-7-4-12-23(30)25-18-19-26-35(36(25)39)28-21-34-27(24-13-5-9-17-33(24)41-34)20-32(28)40-31-16-8-6-14-29(31)38-37(26)40/h1-21H. The molecular weight excluding hydrogens is 518 g/mol. The lowest BCUT2D eigenvalue weighted by molar-refractivity contribution is 1.19. The van der Waals surface area contributed by atoms with E-state index in [-0.39, 0.29) is 0 Å². The van der Waals surface area contributed by atoms with Crippen LogP contribution >= 0.6 is 11.3 Å². The summed E-state index contributed by atoms with van der Waals surface area (Å²) >= 11 is 1.88. The van der Waals surface area contributed by atoms with Gasteiger partial charge in [-0.3, -0.25) is 4.40 Å². The molecule has 41 heavy (non-hydrogen) atoms. The summed E-state index contributed by atoms with van der Waals surface area (Å²) in [7, 11) is 0. The van der Waals surface area contributed by atoms with Crippen molar-refractivity contribution in [2.45, 2.75) is 0 Å². The number of imidazole rings is 1. The molecule has 4 aromatic heterocycles. The molecule has 0 spiro atoms. The largest absolute Gasteiger partial charge is 0.309 e. The molecule has 0 aliphatic rings. The minimum atomic E-state index is 0.999. The Morgan fingerprint density at radius 2 is 1.22 bits per heavy atom. The molecule has 0 aliphatic carbocycles. The number of hydrogen-bond acceptors (Lipinski definition) is 2. The SMILES string of the molecule is c1ccc(-n2c3ccccc3c3ccc4c(c5cc6sc7ccccc7c6cc5n5c6ccccc6nc45)c32)cc1. The summed E-state index contributed by atoms with van der Waals surface area (Å²) in [6, 6.07) is 46.2. The van der Waals surface area contributed by atoms with Crippen LogP contribution in [0.15, 0.2) is 127 Å². The molecule has 0 N–H and O–H groups in total. The maximum absolute atomic E-state index is 5.24. The molecule has 3 nitrogen and oxygen atoms in total. The van der Waals surface area contributed by atoms with Crippen LogP contribution in [-0.4, -0.2) is 14.0 Å². The Balaban J connectivity index is 1.55. The summed E-state index contributed by atoms with van der Waals surface area (Å²) in [6.45, 7) is 0. The Morgan fingerprint density at radius 3 is 2.12 bits per heavy atom. The molecule has 0 saturated heterocycles. The summed E-state index contributed by atoms with van der Waals surface area (Å²) < 4.78 is 7.45. The van der Waals surface area contributed by atoms with Crippen molar-refractivity contribution in [2.75, 3.05) is 0 Å². The van der Waals surface area contributed by atoms with Crippen LogP contribution in [0.2, 0.25) is 0 Å². The Hall–Kier alpha value is -5.19. The summed E-state index contributed by atoms with van der Waals surface area (Å²) in [5, 5.41) is 8.80. The van der Waals surface area contributed by atoms with Crippen LogP contribution in [0.3, 0.4) is 0 Å². The van der Waals surface area contributed by atoms with Crippen LogP contribution in [0.4, 0.5) is 0 Å². The molecule has 0 atom stereocenters. The highest BCUT2D eigenvalue weighted by molar-refractivity contribution is 7.25. The van der Waals surface area contributed by atoms with Crippen molar-refractivity contribution in [3.63, 3.8) is 0 Å². The molecule has 0 amide bonds. The second-order valence-electron chi connectivity index (χ2n) is 10.8. The van der Waals surface area contributed by atoms with Gasteiger partial charge in [-0.15, -0.1) is 11.3 Å². The van der Waals surface area contributed by atoms with Crippen molar-refractivity contribution in [2.24, 2.45) is 0 Å². The monoisotopic (exact) mass is 539 g/mol. The first-order valence-electron chi connectivity index (χ1n) is 13.9. The van der Waals surface area contributed by atoms with E-state index >= 15 is 0 Å². The lowest BCUT2D eigenvalue weighted by atomic mass is 10.0. The maximum Gasteiger partial charge on any atom is 0.146 e. The lowest BCUT2D eigenvalue weighted by Gasteiger charge is -2.14. The zero-order chi connectivity index (χ0) is 26.7. The molecule has 10 rings (SSSR count). The van der Waals surface area contributed by atoms with Gasteiger partial charge >= 0.3 is 0 Å². The van der Waals surface area contributed by atoms with Crippen molar-refractivity contribution in [3.8, 4) is 5.69 Å². The molecular formula is C37H21N3S. The van der Waals surface area contributed by atoms with E-state index in [1.54, 1.807) is 0 Å². The number of nitrogens with zero attached hydrogens (tertiary/aromatic N) is 3. The summed E-state index contributed by atoms with van der Waals surface area (Å²) in [5.41, 5.74) is 7.95. The molecule has 0 saturated carbocycles. The number of pyridine rings is 1. The van der Waals surface area contributed by atoms with Crippen LogP contribution in [0.5, 0.6) is 0 Å². The average molecular weight is 540 g/mol. The van der Waals surface area contributed by atoms with E-state index in [1.165, 1.54) is 63.7 Å². The zero-order valence-electron chi connectivity index (χ0n) is 21.9. The molecule has 10 aromatic rings. The van der Waals surface area contributed by atoms with Gasteiger partial charge in [0.15, 0.2) is 0 Å². The zero-order valence-corrected chi connectivity index (χ0v) is 22.7. The van der Waals surface area contributed by atoms with Gasteiger partial charge in [-0.05, 0) is 54.6 Å². The average Bonchev–Trinajstić information content (AvgIpc) is 3.70. The van der Waals surface area contributed by atoms with Crippen LogP contribution in [-0.2, 0) is 0 Å². The van der Waals surface area contributed by atoms with Crippen LogP contribution in [0, 0.1) is 0 Å². The number of fused-ring (bicyclic) bond motifs is 15. The molecule has 4 heterocycles. The van der Waals surface area contributed by atoms with Gasteiger partial charge in [0.25, 0.3) is 0 Å². The third-order valence-corrected chi connectivity index (χ3v) is 9.79. The summed E-state index contributed by atoms with van der Waals surface area (Å²) in [5.74, 6) is 0. The molecule has 6 aromatic carbocycles. The van der Waals surface area contributed by atoms with Gasteiger partial charge in [0.2, 0.25) is 0 Å². The molecule has 0 radical (unpaired) electrons. The molecule has 190 valence electrons. The van der Waals surface area contributed by atoms with E-state index < -0.39 is 0 Å². The number of thiophene rings is 1. The van der Waals surface area contributed by atoms with Gasteiger partial charge in [0.1, 0.15) is 5.65 Å². The van der Waals surface area contributed by atoms with E-state index in [1.807, 2.05) is 11.3 Å². The second kappa shape index (κ2) is 7.72. The first-order chi connectivity index (χ1) is 20.3. The van der Waals surface area contributed by atoms with E-state index in [0.29, 0.717) is 0 Å². The third-order valence-electron chi connectivity index (χ3n) is 8.66. The molecule has 0 fully saturated rings. The highest BCUT2D eigenvalue weighted by Crippen LogP contribution is 2.44. The normalized spacial score (nSPS) is 12.4. The quantitative estimate of drug-likeness (QED) is 0.190. The fourth-order valence-electron chi connectivity index (χ4n) is 6.96. The predicted octanol–water partition coefficient (Wildman–Crippen LogP) is 10.3. The van der Waals surface area contributed by atoms with Crippen molar-refractivity contribution in [1.29, 1.82) is 0 Å². The number of benzene rings is 6. The van der Waals surface area contributed by atoms with E-state index in [4.69, 9.17) is 4.98 Å². The highest BCUT2D eigenvalue weighted by Gasteiger charge is 2.21. The van der Waals surface area contributed by atoms with Crippen LogP contribution < -0.4 is 0 Å². The van der Waals surface area contributed by atoms with Crippen LogP contribution in [0.25, 0.3) is 86.0 Å². The topological polar surface area (TPSA) is 22.2 Å². The van der Waals surface area contributed by atoms with Gasteiger partial charge < -0.3 is 4.57 Å². The second-order valence-corrected chi connectivity index (χ2v) is 11.9. The molecule has 0 bridgehead atoms. The molecule has 4 heteroatoms. The lowest BCUT2D eigenvalue weighted by Crippen LogP contribution is -1.97. The number of aromatic nitrogens is 3. The Labute approximate surface area is 238 Å². The van der Waals surface area contributed by atoms with Gasteiger partial charge in [0, 0.05) is 52.8 Å². The summed E-state index contributed by atoms with van der Waals surface area (Å²) in [6.07, 6.45) is 0. The van der Waals surface area contributed by atoms with E-state index in [2.05, 4.69) is 136 Å². The third kappa shape index (κ3) is 2.75. The fraction of sp³-hybridized carbons (Fsp3) is 0. The van der Waals surface area contributed by atoms with Crippen molar-refractivity contribution in [3.05, 3.63) is 127 Å². The minimum Gasteiger partial charge on any atom is -0.309 e. The highest BCUT2D eigenvalue weighted by atomic mass is 32.1. The number of rotatable bonds is 1. The van der Waals surface area contributed by atoms with E-state index in [0.717, 1.165) is 22.4 Å². The number of para-hydroxylation sites is 4. The number of hydrogen-bond donors (Lipinski definition) is 0. The Bertz CT molecular complexity index is 2690. The molecule has 0 aliphatic heterocycles.